The molecule has 9 heteroatoms. The van der Waals surface area contributed by atoms with Crippen molar-refractivity contribution < 1.29 is 28.4 Å². The molecule has 0 saturated carbocycles. The number of unbranched alkanes of at least 4 members (excludes halogenated alkanes) is 16. The Bertz CT molecular complexity index is 907. The van der Waals surface area contributed by atoms with E-state index in [1.54, 1.807) is 0 Å². The maximum absolute atomic E-state index is 12.7. The van der Waals surface area contributed by atoms with Crippen molar-refractivity contribution in [3.63, 3.8) is 0 Å². The summed E-state index contributed by atoms with van der Waals surface area (Å²) in [6.07, 6.45) is 42.6. The van der Waals surface area contributed by atoms with Gasteiger partial charge in [-0.1, -0.05) is 159 Å². The average Bonchev–Trinajstić information content (AvgIpc) is 3.09. The van der Waals surface area contributed by atoms with Gasteiger partial charge in [0.25, 0.3) is 0 Å². The number of phosphoric acid groups is 1. The Kier molecular flexibility index (Phi) is 35.1. The van der Waals surface area contributed by atoms with Gasteiger partial charge in [0.15, 0.2) is 0 Å². The molecule has 3 unspecified atom stereocenters. The minimum absolute atomic E-state index is 0.0853. The molecule has 1 amide bonds. The molecule has 5 N–H and O–H groups in total. The molecular formula is C40H75N2O6P. The van der Waals surface area contributed by atoms with E-state index >= 15 is 0 Å². The van der Waals surface area contributed by atoms with E-state index in [1.165, 1.54) is 70.6 Å². The van der Waals surface area contributed by atoms with Crippen LogP contribution in [0.4, 0.5) is 0 Å². The minimum Gasteiger partial charge on any atom is -0.391 e. The molecule has 0 bridgehead atoms. The molecule has 0 aliphatic carbocycles. The molecule has 0 saturated heterocycles. The number of aliphatic hydroxyl groups is 1. The fourth-order valence-electron chi connectivity index (χ4n) is 5.48. The van der Waals surface area contributed by atoms with Gasteiger partial charge in [0.05, 0.1) is 25.4 Å². The Hall–Kier alpha value is -1.54. The number of rotatable bonds is 36. The Morgan fingerprint density at radius 1 is 0.694 bits per heavy atom. The van der Waals surface area contributed by atoms with Crippen LogP contribution >= 0.6 is 7.82 Å². The molecule has 0 aliphatic rings. The second-order valence-electron chi connectivity index (χ2n) is 13.1. The summed E-state index contributed by atoms with van der Waals surface area (Å²) in [6.45, 7) is 4.05. The zero-order valence-electron chi connectivity index (χ0n) is 31.4. The number of aliphatic hydroxyl groups excluding tert-OH is 1. The number of allylic oxidation sites excluding steroid dienone is 8. The smallest absolute Gasteiger partial charge is 0.391 e. The SMILES string of the molecule is CC/C=C\C/C=C\C/C=C\C/C=C\CCCCCCCCCCC(=O)NC(COP(=O)(O)OCCN)C(O)CCCCCCCCCCC. The molecule has 0 aromatic rings. The highest BCUT2D eigenvalue weighted by Crippen LogP contribution is 2.43. The highest BCUT2D eigenvalue weighted by Gasteiger charge is 2.27. The van der Waals surface area contributed by atoms with Gasteiger partial charge in [0.1, 0.15) is 0 Å². The van der Waals surface area contributed by atoms with Crippen molar-refractivity contribution in [2.45, 2.75) is 180 Å². The van der Waals surface area contributed by atoms with Crippen molar-refractivity contribution in [2.24, 2.45) is 5.73 Å². The molecule has 0 aromatic heterocycles. The number of phosphoric ester groups is 1. The Balaban J connectivity index is 4.14. The summed E-state index contributed by atoms with van der Waals surface area (Å²) in [5.74, 6) is -0.175. The van der Waals surface area contributed by atoms with Gasteiger partial charge in [-0.3, -0.25) is 13.8 Å². The number of nitrogens with one attached hydrogen (secondary N) is 1. The molecule has 49 heavy (non-hydrogen) atoms. The lowest BCUT2D eigenvalue weighted by Crippen LogP contribution is -2.46. The number of carbonyl (C=O) groups is 1. The Morgan fingerprint density at radius 3 is 1.73 bits per heavy atom. The molecule has 0 radical (unpaired) electrons. The van der Waals surface area contributed by atoms with Crippen molar-refractivity contribution >= 4 is 13.7 Å². The first-order valence-electron chi connectivity index (χ1n) is 19.8. The van der Waals surface area contributed by atoms with Crippen LogP contribution in [0.25, 0.3) is 0 Å². The first-order valence-corrected chi connectivity index (χ1v) is 21.2. The molecule has 0 fully saturated rings. The largest absolute Gasteiger partial charge is 0.472 e. The Morgan fingerprint density at radius 2 is 1.18 bits per heavy atom. The molecule has 0 spiro atoms. The second kappa shape index (κ2) is 36.3. The summed E-state index contributed by atoms with van der Waals surface area (Å²) in [7, 11) is -4.31. The third-order valence-corrected chi connectivity index (χ3v) is 9.43. The zero-order valence-corrected chi connectivity index (χ0v) is 32.3. The monoisotopic (exact) mass is 711 g/mol. The Labute approximate surface area is 301 Å². The fraction of sp³-hybridized carbons (Fsp3) is 0.775. The highest BCUT2D eigenvalue weighted by molar-refractivity contribution is 7.47. The third-order valence-electron chi connectivity index (χ3n) is 8.45. The van der Waals surface area contributed by atoms with Crippen LogP contribution in [0, 0.1) is 0 Å². The third kappa shape index (κ3) is 34.7. The van der Waals surface area contributed by atoms with Gasteiger partial charge in [0, 0.05) is 13.0 Å². The van der Waals surface area contributed by atoms with Crippen molar-refractivity contribution in [2.75, 3.05) is 19.8 Å². The maximum atomic E-state index is 12.7. The lowest BCUT2D eigenvalue weighted by molar-refractivity contribution is -0.123. The molecule has 0 aromatic carbocycles. The van der Waals surface area contributed by atoms with Crippen LogP contribution in [0.2, 0.25) is 0 Å². The standard InChI is InChI=1S/C40H75N2O6P/c1-3-5-7-9-11-13-14-15-16-17-18-19-20-21-22-23-24-26-28-30-32-34-40(44)42-38(37-48-49(45,46)47-36-35-41)39(43)33-31-29-27-25-12-10-8-6-4-2/h5,7,11,13,15-16,18-19,38-39,43H,3-4,6,8-10,12,14,17,20-37,41H2,1-2H3,(H,42,44)(H,45,46)/b7-5-,13-11-,16-15-,19-18-. The lowest BCUT2D eigenvalue weighted by atomic mass is 10.0. The van der Waals surface area contributed by atoms with E-state index < -0.39 is 20.0 Å². The van der Waals surface area contributed by atoms with Crippen LogP contribution in [0.3, 0.4) is 0 Å². The van der Waals surface area contributed by atoms with Gasteiger partial charge in [-0.15, -0.1) is 0 Å². The molecule has 3 atom stereocenters. The van der Waals surface area contributed by atoms with Crippen molar-refractivity contribution in [1.29, 1.82) is 0 Å². The summed E-state index contributed by atoms with van der Waals surface area (Å²) in [5.41, 5.74) is 5.36. The van der Waals surface area contributed by atoms with E-state index in [1.807, 2.05) is 0 Å². The molecule has 0 rings (SSSR count). The zero-order chi connectivity index (χ0) is 36.1. The predicted octanol–water partition coefficient (Wildman–Crippen LogP) is 10.6. The van der Waals surface area contributed by atoms with E-state index in [0.717, 1.165) is 70.6 Å². The lowest BCUT2D eigenvalue weighted by Gasteiger charge is -2.25. The summed E-state index contributed by atoms with van der Waals surface area (Å²) in [6, 6.07) is -0.778. The normalized spacial score (nSPS) is 14.8. The van der Waals surface area contributed by atoms with Crippen LogP contribution in [-0.2, 0) is 18.4 Å². The van der Waals surface area contributed by atoms with Gasteiger partial charge in [-0.05, 0) is 51.4 Å². The topological polar surface area (TPSA) is 131 Å². The molecule has 286 valence electrons. The van der Waals surface area contributed by atoms with Gasteiger partial charge < -0.3 is 21.1 Å². The quantitative estimate of drug-likeness (QED) is 0.0289. The summed E-state index contributed by atoms with van der Waals surface area (Å²) in [5, 5.41) is 13.7. The van der Waals surface area contributed by atoms with Gasteiger partial charge >= 0.3 is 7.82 Å². The molecule has 0 aliphatic heterocycles. The van der Waals surface area contributed by atoms with E-state index in [9.17, 15) is 19.4 Å². The van der Waals surface area contributed by atoms with Crippen molar-refractivity contribution in [3.05, 3.63) is 48.6 Å². The molecule has 0 heterocycles. The van der Waals surface area contributed by atoms with Crippen LogP contribution in [-0.4, -0.2) is 47.8 Å². The van der Waals surface area contributed by atoms with Gasteiger partial charge in [-0.25, -0.2) is 4.57 Å². The predicted molar refractivity (Wildman–Crippen MR) is 207 cm³/mol. The number of nitrogens with two attached hydrogens (primary N) is 1. The van der Waals surface area contributed by atoms with Crippen LogP contribution in [0.5, 0.6) is 0 Å². The van der Waals surface area contributed by atoms with E-state index in [4.69, 9.17) is 14.8 Å². The maximum Gasteiger partial charge on any atom is 0.472 e. The van der Waals surface area contributed by atoms with E-state index in [-0.39, 0.29) is 25.7 Å². The average molecular weight is 711 g/mol. The number of hydrogen-bond acceptors (Lipinski definition) is 6. The van der Waals surface area contributed by atoms with Crippen LogP contribution in [0.15, 0.2) is 48.6 Å². The van der Waals surface area contributed by atoms with Crippen LogP contribution in [0.1, 0.15) is 168 Å². The summed E-state index contributed by atoms with van der Waals surface area (Å²) in [4.78, 5) is 22.6. The first kappa shape index (κ1) is 47.5. The number of carbonyl (C=O) groups excluding carboxylic acids is 1. The molecular weight excluding hydrogens is 635 g/mol. The highest BCUT2D eigenvalue weighted by atomic mass is 31.2. The molecule has 8 nitrogen and oxygen atoms in total. The fourth-order valence-corrected chi connectivity index (χ4v) is 6.24. The second-order valence-corrected chi connectivity index (χ2v) is 14.6. The van der Waals surface area contributed by atoms with Gasteiger partial charge in [-0.2, -0.15) is 0 Å². The van der Waals surface area contributed by atoms with E-state index in [2.05, 4.69) is 67.8 Å². The van der Waals surface area contributed by atoms with E-state index in [0.29, 0.717) is 12.8 Å². The van der Waals surface area contributed by atoms with Crippen LogP contribution < -0.4 is 11.1 Å². The summed E-state index contributed by atoms with van der Waals surface area (Å²) >= 11 is 0. The number of hydrogen-bond donors (Lipinski definition) is 4. The van der Waals surface area contributed by atoms with Gasteiger partial charge in [0.2, 0.25) is 5.91 Å². The number of amides is 1. The summed E-state index contributed by atoms with van der Waals surface area (Å²) < 4.78 is 22.1. The minimum atomic E-state index is -4.31. The van der Waals surface area contributed by atoms with Crippen molar-refractivity contribution in [1.82, 2.24) is 5.32 Å². The van der Waals surface area contributed by atoms with Crippen molar-refractivity contribution in [3.8, 4) is 0 Å². The first-order chi connectivity index (χ1) is 23.9.